The number of carboxylic acids is 1. The summed E-state index contributed by atoms with van der Waals surface area (Å²) < 4.78 is 4.62. The van der Waals surface area contributed by atoms with Crippen molar-refractivity contribution >= 4 is 23.9 Å². The fourth-order valence-electron chi connectivity index (χ4n) is 2.72. The third-order valence-corrected chi connectivity index (χ3v) is 4.52. The molecule has 0 radical (unpaired) electrons. The van der Waals surface area contributed by atoms with Crippen LogP contribution in [-0.2, 0) is 19.1 Å². The average Bonchev–Trinajstić information content (AvgIpc) is 3.25. The summed E-state index contributed by atoms with van der Waals surface area (Å²) in [6, 6.07) is -1.81. The second-order valence-electron chi connectivity index (χ2n) is 6.52. The number of esters is 1. The molecule has 7 nitrogen and oxygen atoms in total. The number of hydrogen-bond acceptors (Lipinski definition) is 6. The number of methoxy groups -OCH3 is 1. The predicted molar refractivity (Wildman–Crippen MR) is 85.3 cm³/mol. The second-order valence-corrected chi connectivity index (χ2v) is 6.52. The Bertz CT molecular complexity index is 483. The van der Waals surface area contributed by atoms with Gasteiger partial charge in [0, 0.05) is 12.1 Å². The van der Waals surface area contributed by atoms with Gasteiger partial charge in [-0.15, -0.1) is 0 Å². The molecule has 0 spiro atoms. The van der Waals surface area contributed by atoms with Gasteiger partial charge in [-0.2, -0.15) is 0 Å². The van der Waals surface area contributed by atoms with Crippen LogP contribution >= 0.6 is 0 Å². The lowest BCUT2D eigenvalue weighted by molar-refractivity contribution is -0.142. The summed E-state index contributed by atoms with van der Waals surface area (Å²) in [7, 11) is 1.26. The second kappa shape index (κ2) is 8.19. The quantitative estimate of drug-likeness (QED) is 0.353. The number of aliphatic imine (C=N–C) groups is 1. The first-order chi connectivity index (χ1) is 10.7. The highest BCUT2D eigenvalue weighted by atomic mass is 16.5. The molecule has 2 atom stereocenters. The largest absolute Gasteiger partial charge is 0.481 e. The van der Waals surface area contributed by atoms with Gasteiger partial charge in [-0.1, -0.05) is 13.8 Å². The molecule has 0 bridgehead atoms. The zero-order valence-electron chi connectivity index (χ0n) is 13.9. The molecule has 0 aromatic heterocycles. The van der Waals surface area contributed by atoms with E-state index in [0.29, 0.717) is 24.3 Å². The van der Waals surface area contributed by atoms with Crippen molar-refractivity contribution in [3.8, 4) is 0 Å². The molecule has 7 heteroatoms. The van der Waals surface area contributed by atoms with E-state index in [-0.39, 0.29) is 18.3 Å². The van der Waals surface area contributed by atoms with Gasteiger partial charge in [-0.3, -0.25) is 14.6 Å². The minimum absolute atomic E-state index is 0.116. The van der Waals surface area contributed by atoms with Gasteiger partial charge in [0.05, 0.1) is 13.5 Å². The van der Waals surface area contributed by atoms with Crippen LogP contribution in [0.25, 0.3) is 0 Å². The predicted octanol–water partition coefficient (Wildman–Crippen LogP) is 1.19. The summed E-state index contributed by atoms with van der Waals surface area (Å²) in [6.45, 7) is 4.25. The zero-order chi connectivity index (χ0) is 17.6. The van der Waals surface area contributed by atoms with Crippen molar-refractivity contribution in [1.82, 2.24) is 0 Å². The summed E-state index contributed by atoms with van der Waals surface area (Å²) in [6.07, 6.45) is 3.07. The Morgan fingerprint density at radius 2 is 1.96 bits per heavy atom. The van der Waals surface area contributed by atoms with Crippen molar-refractivity contribution in [1.29, 1.82) is 0 Å². The summed E-state index contributed by atoms with van der Waals surface area (Å²) in [5.74, 6) is -1.20. The first kappa shape index (κ1) is 19.3. The van der Waals surface area contributed by atoms with E-state index in [2.05, 4.69) is 23.6 Å². The lowest BCUT2D eigenvalue weighted by Crippen LogP contribution is -2.35. The average molecular weight is 326 g/mol. The molecule has 1 rings (SSSR count). The van der Waals surface area contributed by atoms with Crippen LogP contribution in [0.2, 0.25) is 0 Å². The Labute approximate surface area is 136 Å². The Morgan fingerprint density at radius 1 is 1.35 bits per heavy atom. The number of carbonyl (C=O) groups is 3. The third kappa shape index (κ3) is 5.74. The third-order valence-electron chi connectivity index (χ3n) is 4.52. The topological polar surface area (TPSA) is 119 Å². The minimum atomic E-state index is -1.09. The molecule has 0 aliphatic heterocycles. The molecule has 1 unspecified atom stereocenters. The van der Waals surface area contributed by atoms with Crippen LogP contribution < -0.4 is 5.73 Å². The van der Waals surface area contributed by atoms with Crippen LogP contribution in [0.5, 0.6) is 0 Å². The van der Waals surface area contributed by atoms with E-state index in [9.17, 15) is 14.4 Å². The highest BCUT2D eigenvalue weighted by Gasteiger charge is 2.46. The number of rotatable bonds is 10. The lowest BCUT2D eigenvalue weighted by Gasteiger charge is -2.22. The zero-order valence-corrected chi connectivity index (χ0v) is 13.9. The van der Waals surface area contributed by atoms with Crippen LogP contribution in [-0.4, -0.2) is 48.2 Å². The molecular weight excluding hydrogens is 300 g/mol. The van der Waals surface area contributed by atoms with Crippen molar-refractivity contribution in [2.45, 2.75) is 58.0 Å². The maximum Gasteiger partial charge on any atom is 0.323 e. The van der Waals surface area contributed by atoms with E-state index in [0.717, 1.165) is 12.8 Å². The number of carboxylic acid groups (broad SMARTS) is 1. The van der Waals surface area contributed by atoms with Crippen LogP contribution in [0.3, 0.4) is 0 Å². The van der Waals surface area contributed by atoms with Gasteiger partial charge in [0.2, 0.25) is 0 Å². The summed E-state index contributed by atoms with van der Waals surface area (Å²) in [5.41, 5.74) is 6.54. The SMILES string of the molecule is COC(=O)C(N)CC(CC1(C(C)C)CC1)=N[C@H](C=O)CC(=O)O. The van der Waals surface area contributed by atoms with E-state index in [4.69, 9.17) is 10.8 Å². The van der Waals surface area contributed by atoms with Gasteiger partial charge >= 0.3 is 11.9 Å². The van der Waals surface area contributed by atoms with E-state index in [1.165, 1.54) is 7.11 Å². The molecule has 0 amide bonds. The standard InChI is InChI=1S/C16H26N2O5/c1-10(2)16(4-5-16)8-11(6-13(17)15(22)23-3)18-12(9-19)7-14(20)21/h9-10,12-13H,4-8,17H2,1-3H3,(H,20,21)/t12-,13?/m0/s1. The Kier molecular flexibility index (Phi) is 6.87. The number of aldehydes is 1. The molecular formula is C16H26N2O5. The molecule has 1 saturated carbocycles. The fraction of sp³-hybridized carbons (Fsp3) is 0.750. The highest BCUT2D eigenvalue weighted by Crippen LogP contribution is 2.55. The number of hydrogen-bond donors (Lipinski definition) is 2. The molecule has 1 aliphatic carbocycles. The van der Waals surface area contributed by atoms with Crippen molar-refractivity contribution < 1.29 is 24.2 Å². The van der Waals surface area contributed by atoms with Crippen molar-refractivity contribution in [3.05, 3.63) is 0 Å². The van der Waals surface area contributed by atoms with Gasteiger partial charge in [-0.25, -0.2) is 0 Å². The van der Waals surface area contributed by atoms with Gasteiger partial charge < -0.3 is 20.4 Å². The normalized spacial score (nSPS) is 19.1. The van der Waals surface area contributed by atoms with E-state index in [1.54, 1.807) is 0 Å². The number of ether oxygens (including phenoxy) is 1. The summed E-state index contributed by atoms with van der Waals surface area (Å²) in [5, 5.41) is 8.84. The van der Waals surface area contributed by atoms with E-state index < -0.39 is 24.0 Å². The number of nitrogens with two attached hydrogens (primary N) is 1. The molecule has 3 N–H and O–H groups in total. The summed E-state index contributed by atoms with van der Waals surface area (Å²) >= 11 is 0. The van der Waals surface area contributed by atoms with E-state index in [1.807, 2.05) is 0 Å². The molecule has 0 aromatic rings. The fourth-order valence-corrected chi connectivity index (χ4v) is 2.72. The molecule has 23 heavy (non-hydrogen) atoms. The maximum absolute atomic E-state index is 11.5. The van der Waals surface area contributed by atoms with Crippen molar-refractivity contribution in [3.63, 3.8) is 0 Å². The van der Waals surface area contributed by atoms with Gasteiger partial charge in [0.15, 0.2) is 0 Å². The Balaban J connectivity index is 2.93. The Morgan fingerprint density at radius 3 is 2.35 bits per heavy atom. The van der Waals surface area contributed by atoms with Crippen molar-refractivity contribution in [2.75, 3.05) is 7.11 Å². The summed E-state index contributed by atoms with van der Waals surface area (Å²) in [4.78, 5) is 37.7. The molecule has 130 valence electrons. The van der Waals surface area contributed by atoms with Gasteiger partial charge in [0.25, 0.3) is 0 Å². The van der Waals surface area contributed by atoms with Gasteiger partial charge in [0.1, 0.15) is 18.4 Å². The first-order valence-corrected chi connectivity index (χ1v) is 7.80. The van der Waals surface area contributed by atoms with Gasteiger partial charge in [-0.05, 0) is 30.6 Å². The number of nitrogens with zero attached hydrogens (tertiary/aromatic N) is 1. The minimum Gasteiger partial charge on any atom is -0.481 e. The molecule has 0 heterocycles. The monoisotopic (exact) mass is 326 g/mol. The first-order valence-electron chi connectivity index (χ1n) is 7.80. The molecule has 1 fully saturated rings. The molecule has 1 aliphatic rings. The van der Waals surface area contributed by atoms with Crippen molar-refractivity contribution in [2.24, 2.45) is 22.1 Å². The maximum atomic E-state index is 11.5. The Hall–Kier alpha value is -1.76. The van der Waals surface area contributed by atoms with Crippen LogP contribution in [0.1, 0.15) is 46.0 Å². The smallest absolute Gasteiger partial charge is 0.323 e. The lowest BCUT2D eigenvalue weighted by atomic mass is 9.85. The number of carbonyl (C=O) groups excluding carboxylic acids is 2. The van der Waals surface area contributed by atoms with E-state index >= 15 is 0 Å². The highest BCUT2D eigenvalue weighted by molar-refractivity contribution is 5.92. The molecule has 0 aromatic carbocycles. The molecule has 0 saturated heterocycles. The van der Waals surface area contributed by atoms with Crippen LogP contribution in [0, 0.1) is 11.3 Å². The van der Waals surface area contributed by atoms with Crippen LogP contribution in [0.15, 0.2) is 4.99 Å². The van der Waals surface area contributed by atoms with Crippen LogP contribution in [0.4, 0.5) is 0 Å². The number of aliphatic carboxylic acids is 1.